The minimum Gasteiger partial charge on any atom is -0.278 e. The first kappa shape index (κ1) is 44.5. The van der Waals surface area contributed by atoms with Gasteiger partial charge in [0.2, 0.25) is 5.95 Å². The molecular weight excluding hydrogens is 725 g/mol. The van der Waals surface area contributed by atoms with Gasteiger partial charge in [-0.1, -0.05) is 179 Å². The van der Waals surface area contributed by atoms with E-state index in [4.69, 9.17) is 15.0 Å². The van der Waals surface area contributed by atoms with Gasteiger partial charge in [0, 0.05) is 42.1 Å². The number of para-hydroxylation sites is 1. The molecule has 9 aromatic rings. The monoisotopic (exact) mass is 782 g/mol. The van der Waals surface area contributed by atoms with Crippen molar-refractivity contribution in [1.29, 1.82) is 0 Å². The van der Waals surface area contributed by atoms with Crippen molar-refractivity contribution in [1.82, 2.24) is 19.5 Å². The molecule has 0 aliphatic carbocycles. The number of thiophene rings is 1. The first-order valence-corrected chi connectivity index (χ1v) is 21.2. The number of aryl methyl sites for hydroxylation is 2. The zero-order chi connectivity index (χ0) is 41.9. The molecule has 5 heteroatoms. The van der Waals surface area contributed by atoms with Crippen LogP contribution in [0.25, 0.3) is 70.7 Å². The van der Waals surface area contributed by atoms with Crippen molar-refractivity contribution in [2.75, 3.05) is 0 Å². The Kier molecular flexibility index (Phi) is 17.8. The van der Waals surface area contributed by atoms with Crippen molar-refractivity contribution >= 4 is 53.3 Å². The van der Waals surface area contributed by atoms with Gasteiger partial charge in [-0.2, -0.15) is 9.97 Å². The molecule has 0 fully saturated rings. The van der Waals surface area contributed by atoms with Crippen LogP contribution in [0.15, 0.2) is 170 Å². The van der Waals surface area contributed by atoms with Crippen molar-refractivity contribution in [2.45, 2.75) is 69.2 Å². The van der Waals surface area contributed by atoms with Gasteiger partial charge in [-0.05, 0) is 71.4 Å². The third-order valence-corrected chi connectivity index (χ3v) is 10.3. The molecule has 0 aliphatic heterocycles. The first-order valence-electron chi connectivity index (χ1n) is 20.4. The number of benzene rings is 6. The van der Waals surface area contributed by atoms with E-state index in [0.717, 1.165) is 22.2 Å². The van der Waals surface area contributed by atoms with Crippen LogP contribution in [0.1, 0.15) is 66.5 Å². The van der Waals surface area contributed by atoms with E-state index in [2.05, 4.69) is 103 Å². The molecule has 0 N–H and O–H groups in total. The van der Waals surface area contributed by atoms with Crippen LogP contribution in [0.4, 0.5) is 0 Å². The summed E-state index contributed by atoms with van der Waals surface area (Å²) >= 11 is 1.89. The Bertz CT molecular complexity index is 2590. The second-order valence-corrected chi connectivity index (χ2v) is 13.8. The molecule has 0 spiro atoms. The van der Waals surface area contributed by atoms with E-state index in [1.165, 1.54) is 42.1 Å². The Labute approximate surface area is 350 Å². The highest BCUT2D eigenvalue weighted by atomic mass is 32.1. The van der Waals surface area contributed by atoms with Gasteiger partial charge in [0.15, 0.2) is 11.6 Å². The fourth-order valence-electron chi connectivity index (χ4n) is 6.09. The number of allylic oxidation sites excluding steroid dienone is 4. The van der Waals surface area contributed by atoms with E-state index in [1.807, 2.05) is 152 Å². The molecule has 3 heterocycles. The molecule has 0 saturated heterocycles. The van der Waals surface area contributed by atoms with Crippen LogP contribution in [0.5, 0.6) is 0 Å². The lowest BCUT2D eigenvalue weighted by molar-refractivity contribution is 0.953. The number of aromatic nitrogens is 4. The maximum atomic E-state index is 4.94. The van der Waals surface area contributed by atoms with Gasteiger partial charge in [0.1, 0.15) is 0 Å². The minimum atomic E-state index is 0.618. The highest BCUT2D eigenvalue weighted by Crippen LogP contribution is 2.35. The predicted molar refractivity (Wildman–Crippen MR) is 258 cm³/mol. The molecule has 0 aliphatic rings. The van der Waals surface area contributed by atoms with Gasteiger partial charge in [-0.15, -0.1) is 11.3 Å². The SMILES string of the molecule is C/C=C\C.C/C=C\C.CC.CC.Cc1ccc2c(c1)c1ccccc1n2-c1nc(-c2ccccc2)nc(-c2ccccc2)n1.Cc1cccc2c1sc1ccccc12. The molecular formula is C53H58N4S. The summed E-state index contributed by atoms with van der Waals surface area (Å²) in [5.74, 6) is 1.94. The van der Waals surface area contributed by atoms with E-state index in [9.17, 15) is 0 Å². The largest absolute Gasteiger partial charge is 0.278 e. The Hall–Kier alpha value is -6.17. The summed E-state index contributed by atoms with van der Waals surface area (Å²) in [5.41, 5.74) is 6.70. The third kappa shape index (κ3) is 10.8. The summed E-state index contributed by atoms with van der Waals surface area (Å²) in [6, 6.07) is 50.2. The third-order valence-electron chi connectivity index (χ3n) is 8.98. The van der Waals surface area contributed by atoms with Crippen molar-refractivity contribution in [3.8, 4) is 28.7 Å². The molecule has 58 heavy (non-hydrogen) atoms. The highest BCUT2D eigenvalue weighted by Gasteiger charge is 2.17. The summed E-state index contributed by atoms with van der Waals surface area (Å²) in [7, 11) is 0. The Morgan fingerprint density at radius 3 is 1.50 bits per heavy atom. The van der Waals surface area contributed by atoms with E-state index in [1.54, 1.807) is 0 Å². The van der Waals surface area contributed by atoms with Crippen molar-refractivity contribution in [3.05, 3.63) is 181 Å². The lowest BCUT2D eigenvalue weighted by Gasteiger charge is -2.10. The van der Waals surface area contributed by atoms with E-state index in [-0.39, 0.29) is 0 Å². The number of hydrogen-bond acceptors (Lipinski definition) is 4. The van der Waals surface area contributed by atoms with Gasteiger partial charge in [0.05, 0.1) is 11.0 Å². The lowest BCUT2D eigenvalue weighted by atomic mass is 10.1. The van der Waals surface area contributed by atoms with Crippen molar-refractivity contribution < 1.29 is 0 Å². The molecule has 3 aromatic heterocycles. The number of nitrogens with zero attached hydrogens (tertiary/aromatic N) is 4. The number of rotatable bonds is 3. The molecule has 0 radical (unpaired) electrons. The average Bonchev–Trinajstić information content (AvgIpc) is 3.85. The highest BCUT2D eigenvalue weighted by molar-refractivity contribution is 7.26. The van der Waals surface area contributed by atoms with Crippen LogP contribution in [-0.4, -0.2) is 19.5 Å². The summed E-state index contributed by atoms with van der Waals surface area (Å²) in [4.78, 5) is 14.7. The van der Waals surface area contributed by atoms with Gasteiger partial charge in [0.25, 0.3) is 0 Å². The second-order valence-electron chi connectivity index (χ2n) is 12.8. The summed E-state index contributed by atoms with van der Waals surface area (Å²) in [6.07, 6.45) is 8.00. The molecule has 0 unspecified atom stereocenters. The summed E-state index contributed by atoms with van der Waals surface area (Å²) in [6.45, 7) is 20.3. The molecule has 0 atom stereocenters. The van der Waals surface area contributed by atoms with Crippen LogP contribution < -0.4 is 0 Å². The van der Waals surface area contributed by atoms with E-state index >= 15 is 0 Å². The van der Waals surface area contributed by atoms with Gasteiger partial charge in [-0.3, -0.25) is 4.57 Å². The van der Waals surface area contributed by atoms with Crippen LogP contribution in [0.3, 0.4) is 0 Å². The molecule has 9 rings (SSSR count). The van der Waals surface area contributed by atoms with Gasteiger partial charge < -0.3 is 0 Å². The molecule has 0 amide bonds. The Morgan fingerprint density at radius 1 is 0.448 bits per heavy atom. The minimum absolute atomic E-state index is 0.618. The zero-order valence-electron chi connectivity index (χ0n) is 35.9. The standard InChI is InChI=1S/C28H20N4.C13H10S.2C4H8.2C2H6/c1-19-16-17-25-23(18-19)22-14-8-9-15-24(22)32(25)28-30-26(20-10-4-2-5-11-20)29-27(31-28)21-12-6-3-7-13-21;1-9-5-4-7-11-10-6-2-3-8-12(10)14-13(9)11;2*1-3-4-2;2*1-2/h2-18H,1H3;2-8H,1H3;2*3-4H,1-2H3;2*1-2H3/b;;2*4-3-;;. The van der Waals surface area contributed by atoms with Crippen molar-refractivity contribution in [2.24, 2.45) is 0 Å². The summed E-state index contributed by atoms with van der Waals surface area (Å²) < 4.78 is 4.95. The fourth-order valence-corrected chi connectivity index (χ4v) is 7.26. The quantitative estimate of drug-likeness (QED) is 0.168. The first-order chi connectivity index (χ1) is 28.5. The van der Waals surface area contributed by atoms with Crippen LogP contribution in [0, 0.1) is 13.8 Å². The van der Waals surface area contributed by atoms with Crippen molar-refractivity contribution in [3.63, 3.8) is 0 Å². The molecule has 296 valence electrons. The normalized spacial score (nSPS) is 10.4. The average molecular weight is 783 g/mol. The molecule has 6 aromatic carbocycles. The Morgan fingerprint density at radius 2 is 0.931 bits per heavy atom. The fraction of sp³-hybridized carbons (Fsp3) is 0.189. The topological polar surface area (TPSA) is 43.6 Å². The number of fused-ring (bicyclic) bond motifs is 6. The lowest BCUT2D eigenvalue weighted by Crippen LogP contribution is -2.06. The second kappa shape index (κ2) is 23.2. The van der Waals surface area contributed by atoms with Crippen LogP contribution in [-0.2, 0) is 0 Å². The van der Waals surface area contributed by atoms with E-state index in [0.29, 0.717) is 17.6 Å². The van der Waals surface area contributed by atoms with Gasteiger partial charge >= 0.3 is 0 Å². The molecule has 4 nitrogen and oxygen atoms in total. The van der Waals surface area contributed by atoms with Crippen LogP contribution >= 0.6 is 11.3 Å². The molecule has 0 bridgehead atoms. The maximum Gasteiger partial charge on any atom is 0.238 e. The van der Waals surface area contributed by atoms with Gasteiger partial charge in [-0.25, -0.2) is 4.98 Å². The summed E-state index contributed by atoms with van der Waals surface area (Å²) in [5, 5.41) is 5.17. The van der Waals surface area contributed by atoms with E-state index < -0.39 is 0 Å². The number of hydrogen-bond donors (Lipinski definition) is 0. The smallest absolute Gasteiger partial charge is 0.238 e. The van der Waals surface area contributed by atoms with Crippen LogP contribution in [0.2, 0.25) is 0 Å². The maximum absolute atomic E-state index is 4.94. The Balaban J connectivity index is 0.000000236. The predicted octanol–water partition coefficient (Wildman–Crippen LogP) is 16.2. The molecule has 0 saturated carbocycles. The zero-order valence-corrected chi connectivity index (χ0v) is 36.7.